The zero-order chi connectivity index (χ0) is 10.7. The lowest BCUT2D eigenvalue weighted by Crippen LogP contribution is -1.93. The molecule has 0 heterocycles. The lowest BCUT2D eigenvalue weighted by atomic mass is 10.2. The van der Waals surface area contributed by atoms with Crippen molar-refractivity contribution < 1.29 is 15.0 Å². The van der Waals surface area contributed by atoms with E-state index in [-0.39, 0.29) is 0 Å². The molecule has 7 heteroatoms. The Balaban J connectivity index is 3.39. The Bertz CT molecular complexity index is 362. The third kappa shape index (κ3) is 1.53. The Morgan fingerprint density at radius 1 is 1.23 bits per heavy atom. The van der Waals surface area contributed by atoms with Gasteiger partial charge in [0.25, 0.3) is 7.18 Å². The fourth-order valence-corrected chi connectivity index (χ4v) is 0.801. The monoisotopic (exact) mass is 185 g/mol. The van der Waals surface area contributed by atoms with Crippen LogP contribution in [0.15, 0.2) is 18.2 Å². The van der Waals surface area contributed by atoms with Crippen LogP contribution in [0.3, 0.4) is 0 Å². The molecule has 0 bridgehead atoms. The number of para-hydroxylation sites is 1. The van der Waals surface area contributed by atoms with E-state index < -0.39 is 27.0 Å². The number of nitro groups is 2. The van der Waals surface area contributed by atoms with Crippen LogP contribution in [0.5, 0.6) is 5.75 Å². The first-order valence-electron chi connectivity index (χ1n) is 3.53. The molecule has 0 radical (unpaired) electrons. The van der Waals surface area contributed by atoms with Crippen molar-refractivity contribution in [2.24, 2.45) is 0 Å². The summed E-state index contributed by atoms with van der Waals surface area (Å²) in [5, 5.41) is 24.6. The summed E-state index contributed by atoms with van der Waals surface area (Å²) in [7, 11) is 0. The van der Waals surface area contributed by atoms with Crippen molar-refractivity contribution in [3.63, 3.8) is 0 Å². The number of rotatable bonds is 3. The number of benzene rings is 1. The van der Waals surface area contributed by atoms with Gasteiger partial charge in [0.05, 0.1) is 9.85 Å². The molecule has 1 aromatic rings. The molecule has 1 aromatic carbocycles. The van der Waals surface area contributed by atoms with Crippen LogP contribution in [0.1, 0.15) is 0 Å². The second-order valence-electron chi connectivity index (χ2n) is 2.14. The van der Waals surface area contributed by atoms with Crippen molar-refractivity contribution in [1.82, 2.24) is 0 Å². The summed E-state index contributed by atoms with van der Waals surface area (Å²) < 4.78 is 6.50. The van der Waals surface area contributed by atoms with E-state index in [0.717, 1.165) is 18.2 Å². The van der Waals surface area contributed by atoms with Gasteiger partial charge in [-0.1, -0.05) is 0 Å². The van der Waals surface area contributed by atoms with E-state index in [0.29, 0.717) is 0 Å². The van der Waals surface area contributed by atoms with Gasteiger partial charge in [-0.2, -0.15) is 0 Å². The number of aromatic hydroxyl groups is 1. The third-order valence-electron chi connectivity index (χ3n) is 1.37. The van der Waals surface area contributed by atoms with Crippen molar-refractivity contribution in [2.75, 3.05) is 0 Å². The molecule has 0 aliphatic rings. The molecule has 68 valence electrons. The minimum absolute atomic E-state index is 0.603. The molecule has 0 unspecified atom stereocenters. The molecular weight excluding hydrogens is 180 g/mol. The van der Waals surface area contributed by atoms with Gasteiger partial charge in [0, 0.05) is 12.1 Å². The molecule has 0 aliphatic heterocycles. The quantitative estimate of drug-likeness (QED) is 0.562. The van der Waals surface area contributed by atoms with Crippen LogP contribution in [-0.2, 0) is 0 Å². The highest BCUT2D eigenvalue weighted by Crippen LogP contribution is 2.34. The highest BCUT2D eigenvalue weighted by molar-refractivity contribution is 5.58. The molecule has 0 amide bonds. The molecule has 0 spiro atoms. The summed E-state index contributed by atoms with van der Waals surface area (Å²) >= 11 is 0. The predicted octanol–water partition coefficient (Wildman–Crippen LogP) is 1.21. The van der Waals surface area contributed by atoms with E-state index in [1.165, 1.54) is 0 Å². The van der Waals surface area contributed by atoms with E-state index in [1.807, 2.05) is 0 Å². The first kappa shape index (κ1) is 7.47. The zero-order valence-electron chi connectivity index (χ0n) is 7.17. The van der Waals surface area contributed by atoms with Gasteiger partial charge in [-0.25, -0.2) is 0 Å². The maximum Gasteiger partial charge on any atom is 0.318 e. The summed E-state index contributed by atoms with van der Waals surface area (Å²) in [6.45, 7) is 0. The van der Waals surface area contributed by atoms with Gasteiger partial charge >= 0.3 is 11.4 Å². The first-order valence-corrected chi connectivity index (χ1v) is 3.13. The van der Waals surface area contributed by atoms with Crippen molar-refractivity contribution >= 4 is 11.4 Å². The minimum Gasteiger partial charge on any atom is -0.497 e. The van der Waals surface area contributed by atoms with Gasteiger partial charge in [-0.15, -0.1) is 0 Å². The Morgan fingerprint density at radius 2 is 1.69 bits per heavy atom. The largest absolute Gasteiger partial charge is 0.497 e. The van der Waals surface area contributed by atoms with Crippen LogP contribution in [0, 0.1) is 20.2 Å². The van der Waals surface area contributed by atoms with Crippen molar-refractivity contribution in [1.29, 1.82) is 1.43 Å². The molecule has 0 saturated carbocycles. The van der Waals surface area contributed by atoms with E-state index in [2.05, 4.69) is 5.11 Å². The Labute approximate surface area is 73.0 Å². The van der Waals surface area contributed by atoms with Crippen LogP contribution < -0.4 is 0 Å². The summed E-state index contributed by atoms with van der Waals surface area (Å²) in [6.07, 6.45) is 0. The zero-order valence-corrected chi connectivity index (χ0v) is 6.17. The molecule has 0 fully saturated rings. The van der Waals surface area contributed by atoms with Crippen LogP contribution >= 0.6 is 0 Å². The minimum atomic E-state index is -0.850. The summed E-state index contributed by atoms with van der Waals surface area (Å²) in [6, 6.07) is 3.20. The van der Waals surface area contributed by atoms with Gasteiger partial charge in [-0.05, 0) is 6.07 Å². The summed E-state index contributed by atoms with van der Waals surface area (Å²) in [4.78, 5) is 19.0. The molecule has 13 heavy (non-hydrogen) atoms. The highest BCUT2D eigenvalue weighted by Gasteiger charge is 2.23. The Morgan fingerprint density at radius 3 is 2.00 bits per heavy atom. The van der Waals surface area contributed by atoms with E-state index in [1.54, 1.807) is 0 Å². The third-order valence-corrected chi connectivity index (χ3v) is 1.37. The molecule has 1 rings (SSSR count). The molecule has 0 aliphatic carbocycles. The number of phenolic OH excluding ortho intramolecular Hbond substituents is 1. The van der Waals surface area contributed by atoms with Gasteiger partial charge in [0.2, 0.25) is 0 Å². The fourth-order valence-electron chi connectivity index (χ4n) is 0.801. The maximum atomic E-state index is 10.4. The van der Waals surface area contributed by atoms with Gasteiger partial charge in [-0.3, -0.25) is 20.2 Å². The van der Waals surface area contributed by atoms with Crippen LogP contribution in [0.25, 0.3) is 0 Å². The maximum absolute atomic E-state index is 10.4. The van der Waals surface area contributed by atoms with Gasteiger partial charge < -0.3 is 5.11 Å². The Kier molecular flexibility index (Phi) is 1.75. The van der Waals surface area contributed by atoms with Crippen molar-refractivity contribution in [2.45, 2.75) is 0 Å². The second-order valence-corrected chi connectivity index (χ2v) is 2.14. The summed E-state index contributed by atoms with van der Waals surface area (Å²) in [5.41, 5.74) is -1.21. The number of phenols is 1. The van der Waals surface area contributed by atoms with E-state index in [9.17, 15) is 20.2 Å². The van der Waals surface area contributed by atoms with Crippen LogP contribution in [0.4, 0.5) is 11.4 Å². The van der Waals surface area contributed by atoms with Gasteiger partial charge in [0.15, 0.2) is 0 Å². The van der Waals surface area contributed by atoms with Crippen molar-refractivity contribution in [3.05, 3.63) is 38.4 Å². The van der Waals surface area contributed by atoms with Crippen molar-refractivity contribution in [3.8, 4) is 5.75 Å². The number of nitrogens with zero attached hydrogens (tertiary/aromatic N) is 2. The van der Waals surface area contributed by atoms with Crippen LogP contribution in [0.2, 0.25) is 0 Å². The smallest absolute Gasteiger partial charge is 0.318 e. The number of nitro benzene ring substituents is 2. The molecule has 1 N–H and O–H groups in total. The average Bonchev–Trinajstić information content (AvgIpc) is 2.16. The molecule has 0 aromatic heterocycles. The molecule has 0 atom stereocenters. The predicted molar refractivity (Wildman–Crippen MR) is 41.4 cm³/mol. The lowest BCUT2D eigenvalue weighted by Gasteiger charge is -1.95. The molecular formula is C6H4N2O5. The average molecular weight is 185 g/mol. The van der Waals surface area contributed by atoms with E-state index in [4.69, 9.17) is 1.43 Å². The summed E-state index contributed by atoms with van der Waals surface area (Å²) in [5.74, 6) is -0.664. The SMILES string of the molecule is [2H]Oc1c([N+](=O)[O-])cccc1[N+](=O)[O-]. The number of hydrogen-bond acceptors (Lipinski definition) is 5. The molecule has 7 nitrogen and oxygen atoms in total. The lowest BCUT2D eigenvalue weighted by molar-refractivity contribution is -0.396. The molecule has 0 saturated heterocycles. The fraction of sp³-hybridized carbons (Fsp3) is 0. The van der Waals surface area contributed by atoms with Gasteiger partial charge in [0.1, 0.15) is 0 Å². The topological polar surface area (TPSA) is 107 Å². The number of hydrogen-bond donors (Lipinski definition) is 1. The Hall–Kier alpha value is -2.18. The standard InChI is InChI=1S/C6H4N2O5/c9-6-4(7(10)11)2-1-3-5(6)8(12)13/h1-3,9H/i/hD. The first-order chi connectivity index (χ1) is 6.57. The second kappa shape index (κ2) is 3.05. The van der Waals surface area contributed by atoms with Crippen LogP contribution in [-0.4, -0.2) is 16.4 Å². The normalized spacial score (nSPS) is 10.3. The van der Waals surface area contributed by atoms with E-state index >= 15 is 0 Å². The highest BCUT2D eigenvalue weighted by atomic mass is 16.6.